The molecule has 2 aromatic carbocycles. The summed E-state index contributed by atoms with van der Waals surface area (Å²) >= 11 is 0. The SMILES string of the molecule is Cc1oc2ccccc2c1CN(Cc1cccnc1)Cc1ccccc1F. The molecule has 0 N–H and O–H groups in total. The highest BCUT2D eigenvalue weighted by Gasteiger charge is 2.16. The summed E-state index contributed by atoms with van der Waals surface area (Å²) in [5, 5.41) is 1.11. The van der Waals surface area contributed by atoms with Gasteiger partial charge < -0.3 is 4.42 Å². The molecule has 0 aliphatic heterocycles. The summed E-state index contributed by atoms with van der Waals surface area (Å²) in [4.78, 5) is 6.43. The minimum atomic E-state index is -0.178. The van der Waals surface area contributed by atoms with E-state index in [4.69, 9.17) is 4.42 Å². The van der Waals surface area contributed by atoms with Crippen molar-refractivity contribution in [1.82, 2.24) is 9.88 Å². The fourth-order valence-corrected chi connectivity index (χ4v) is 3.43. The number of para-hydroxylation sites is 1. The van der Waals surface area contributed by atoms with Crippen LogP contribution in [-0.4, -0.2) is 9.88 Å². The van der Waals surface area contributed by atoms with Crippen molar-refractivity contribution in [2.24, 2.45) is 0 Å². The van der Waals surface area contributed by atoms with Gasteiger partial charge >= 0.3 is 0 Å². The Kier molecular flexibility index (Phi) is 4.99. The molecule has 136 valence electrons. The lowest BCUT2D eigenvalue weighted by molar-refractivity contribution is 0.243. The standard InChI is InChI=1S/C23H21FN2O/c1-17-21(20-9-3-5-11-23(20)27-17)16-26(14-18-7-6-12-25-13-18)15-19-8-2-4-10-22(19)24/h2-13H,14-16H2,1H3. The average molecular weight is 360 g/mol. The van der Waals surface area contributed by atoms with Gasteiger partial charge in [0.1, 0.15) is 17.2 Å². The van der Waals surface area contributed by atoms with Gasteiger partial charge in [0, 0.05) is 48.5 Å². The average Bonchev–Trinajstić information content (AvgIpc) is 3.00. The van der Waals surface area contributed by atoms with Crippen LogP contribution in [0.3, 0.4) is 0 Å². The first-order valence-electron chi connectivity index (χ1n) is 9.02. The number of aromatic nitrogens is 1. The molecule has 4 heteroatoms. The van der Waals surface area contributed by atoms with E-state index in [0.717, 1.165) is 27.9 Å². The third-order valence-electron chi connectivity index (χ3n) is 4.76. The number of nitrogens with zero attached hydrogens (tertiary/aromatic N) is 2. The number of benzene rings is 2. The van der Waals surface area contributed by atoms with Gasteiger partial charge in [0.2, 0.25) is 0 Å². The van der Waals surface area contributed by atoms with Crippen LogP contribution in [0.2, 0.25) is 0 Å². The number of furan rings is 1. The van der Waals surface area contributed by atoms with E-state index in [-0.39, 0.29) is 5.82 Å². The summed E-state index contributed by atoms with van der Waals surface area (Å²) in [5.41, 5.74) is 3.81. The monoisotopic (exact) mass is 360 g/mol. The van der Waals surface area contributed by atoms with Crippen molar-refractivity contribution in [3.8, 4) is 0 Å². The normalized spacial score (nSPS) is 11.4. The van der Waals surface area contributed by atoms with E-state index in [0.29, 0.717) is 25.2 Å². The highest BCUT2D eigenvalue weighted by atomic mass is 19.1. The van der Waals surface area contributed by atoms with Crippen molar-refractivity contribution in [3.63, 3.8) is 0 Å². The number of hydrogen-bond acceptors (Lipinski definition) is 3. The highest BCUT2D eigenvalue weighted by molar-refractivity contribution is 5.82. The Labute approximate surface area is 158 Å². The van der Waals surface area contributed by atoms with Crippen molar-refractivity contribution in [1.29, 1.82) is 0 Å². The number of pyridine rings is 1. The first kappa shape index (κ1) is 17.4. The summed E-state index contributed by atoms with van der Waals surface area (Å²) < 4.78 is 20.2. The molecule has 2 heterocycles. The van der Waals surface area contributed by atoms with E-state index >= 15 is 0 Å². The fraction of sp³-hybridized carbons (Fsp3) is 0.174. The van der Waals surface area contributed by atoms with Crippen LogP contribution in [0.15, 0.2) is 77.5 Å². The topological polar surface area (TPSA) is 29.3 Å². The number of hydrogen-bond donors (Lipinski definition) is 0. The third-order valence-corrected chi connectivity index (χ3v) is 4.76. The van der Waals surface area contributed by atoms with E-state index in [9.17, 15) is 4.39 Å². The van der Waals surface area contributed by atoms with Gasteiger partial charge in [-0.25, -0.2) is 4.39 Å². The molecule has 0 radical (unpaired) electrons. The largest absolute Gasteiger partial charge is 0.461 e. The zero-order valence-electron chi connectivity index (χ0n) is 15.2. The van der Waals surface area contributed by atoms with Gasteiger partial charge in [-0.05, 0) is 30.7 Å². The Morgan fingerprint density at radius 1 is 0.926 bits per heavy atom. The van der Waals surface area contributed by atoms with E-state index in [1.807, 2.05) is 55.6 Å². The van der Waals surface area contributed by atoms with E-state index in [1.165, 1.54) is 6.07 Å². The molecule has 3 nitrogen and oxygen atoms in total. The zero-order valence-corrected chi connectivity index (χ0v) is 15.2. The maximum absolute atomic E-state index is 14.2. The van der Waals surface area contributed by atoms with E-state index in [2.05, 4.69) is 16.0 Å². The second kappa shape index (κ2) is 7.72. The molecule has 0 aliphatic carbocycles. The van der Waals surface area contributed by atoms with Crippen molar-refractivity contribution < 1.29 is 8.81 Å². The van der Waals surface area contributed by atoms with Gasteiger partial charge in [-0.1, -0.05) is 42.5 Å². The van der Waals surface area contributed by atoms with Crippen LogP contribution >= 0.6 is 0 Å². The molecule has 4 aromatic rings. The first-order valence-corrected chi connectivity index (χ1v) is 9.02. The fourth-order valence-electron chi connectivity index (χ4n) is 3.43. The maximum atomic E-state index is 14.2. The van der Waals surface area contributed by atoms with Crippen LogP contribution in [0.1, 0.15) is 22.5 Å². The smallest absolute Gasteiger partial charge is 0.134 e. The Balaban J connectivity index is 1.66. The molecule has 0 saturated carbocycles. The van der Waals surface area contributed by atoms with E-state index < -0.39 is 0 Å². The van der Waals surface area contributed by atoms with Gasteiger partial charge in [-0.15, -0.1) is 0 Å². The molecule has 0 spiro atoms. The lowest BCUT2D eigenvalue weighted by atomic mass is 10.1. The van der Waals surface area contributed by atoms with Gasteiger partial charge in [0.05, 0.1) is 0 Å². The lowest BCUT2D eigenvalue weighted by Gasteiger charge is -2.23. The molecule has 27 heavy (non-hydrogen) atoms. The number of aryl methyl sites for hydroxylation is 1. The number of rotatable bonds is 6. The predicted octanol–water partition coefficient (Wildman–Crippen LogP) is 5.48. The molecule has 2 aromatic heterocycles. The van der Waals surface area contributed by atoms with Crippen LogP contribution in [0.5, 0.6) is 0 Å². The Hall–Kier alpha value is -2.98. The Bertz CT molecular complexity index is 1040. The minimum Gasteiger partial charge on any atom is -0.461 e. The van der Waals surface area contributed by atoms with Crippen molar-refractivity contribution in [3.05, 3.63) is 101 Å². The van der Waals surface area contributed by atoms with Crippen LogP contribution in [0.25, 0.3) is 11.0 Å². The van der Waals surface area contributed by atoms with Crippen molar-refractivity contribution in [2.75, 3.05) is 0 Å². The van der Waals surface area contributed by atoms with Gasteiger partial charge in [0.25, 0.3) is 0 Å². The lowest BCUT2D eigenvalue weighted by Crippen LogP contribution is -2.23. The van der Waals surface area contributed by atoms with Crippen molar-refractivity contribution in [2.45, 2.75) is 26.6 Å². The molecule has 0 bridgehead atoms. The molecule has 0 amide bonds. The molecule has 0 fully saturated rings. The quantitative estimate of drug-likeness (QED) is 0.456. The molecule has 4 rings (SSSR count). The maximum Gasteiger partial charge on any atom is 0.134 e. The molecule has 0 unspecified atom stereocenters. The number of halogens is 1. The van der Waals surface area contributed by atoms with Crippen molar-refractivity contribution >= 4 is 11.0 Å². The molecule has 0 aliphatic rings. The van der Waals surface area contributed by atoms with Crippen LogP contribution in [0.4, 0.5) is 4.39 Å². The zero-order chi connectivity index (χ0) is 18.6. The summed E-state index contributed by atoms with van der Waals surface area (Å²) in [6, 6.07) is 19.0. The Morgan fingerprint density at radius 3 is 2.56 bits per heavy atom. The molecular formula is C23H21FN2O. The molecule has 0 saturated heterocycles. The van der Waals surface area contributed by atoms with E-state index in [1.54, 1.807) is 12.3 Å². The second-order valence-electron chi connectivity index (χ2n) is 6.73. The molecule has 0 atom stereocenters. The van der Waals surface area contributed by atoms with Crippen LogP contribution in [0, 0.1) is 12.7 Å². The van der Waals surface area contributed by atoms with Gasteiger partial charge in [-0.3, -0.25) is 9.88 Å². The number of fused-ring (bicyclic) bond motifs is 1. The summed E-state index contributed by atoms with van der Waals surface area (Å²) in [6.07, 6.45) is 3.62. The van der Waals surface area contributed by atoms with Gasteiger partial charge in [-0.2, -0.15) is 0 Å². The summed E-state index contributed by atoms with van der Waals surface area (Å²) in [5.74, 6) is 0.725. The van der Waals surface area contributed by atoms with Gasteiger partial charge in [0.15, 0.2) is 0 Å². The third kappa shape index (κ3) is 3.91. The minimum absolute atomic E-state index is 0.178. The molecular weight excluding hydrogens is 339 g/mol. The first-order chi connectivity index (χ1) is 13.2. The predicted molar refractivity (Wildman–Crippen MR) is 105 cm³/mol. The highest BCUT2D eigenvalue weighted by Crippen LogP contribution is 2.27. The summed E-state index contributed by atoms with van der Waals surface area (Å²) in [6.45, 7) is 3.86. The Morgan fingerprint density at radius 2 is 1.74 bits per heavy atom. The summed E-state index contributed by atoms with van der Waals surface area (Å²) in [7, 11) is 0. The van der Waals surface area contributed by atoms with Crippen LogP contribution in [-0.2, 0) is 19.6 Å². The van der Waals surface area contributed by atoms with Crippen LogP contribution < -0.4 is 0 Å². The second-order valence-corrected chi connectivity index (χ2v) is 6.73.